The summed E-state index contributed by atoms with van der Waals surface area (Å²) in [6.07, 6.45) is 5.24. The van der Waals surface area contributed by atoms with Crippen LogP contribution in [0.25, 0.3) is 5.69 Å². The van der Waals surface area contributed by atoms with Crippen molar-refractivity contribution < 1.29 is 4.79 Å². The van der Waals surface area contributed by atoms with E-state index in [1.165, 1.54) is 0 Å². The molecule has 1 N–H and O–H groups in total. The van der Waals surface area contributed by atoms with Crippen LogP contribution in [0.4, 0.5) is 5.69 Å². The van der Waals surface area contributed by atoms with E-state index in [0.717, 1.165) is 17.1 Å². The largest absolute Gasteiger partial charge is 0.322 e. The zero-order chi connectivity index (χ0) is 14.7. The Kier molecular flexibility index (Phi) is 3.47. The summed E-state index contributed by atoms with van der Waals surface area (Å²) in [7, 11) is 0. The molecule has 2 aromatic heterocycles. The van der Waals surface area contributed by atoms with Crippen LogP contribution in [0.2, 0.25) is 0 Å². The molecule has 1 aromatic carbocycles. The van der Waals surface area contributed by atoms with Gasteiger partial charge in [-0.05, 0) is 49.4 Å². The summed E-state index contributed by atoms with van der Waals surface area (Å²) < 4.78 is 1.74. The molecule has 0 spiro atoms. The Labute approximate surface area is 122 Å². The molecule has 0 aliphatic heterocycles. The van der Waals surface area contributed by atoms with E-state index in [0.29, 0.717) is 5.56 Å². The van der Waals surface area contributed by atoms with Crippen molar-refractivity contribution >= 4 is 11.6 Å². The molecule has 104 valence electrons. The fraction of sp³-hybridized carbons (Fsp3) is 0.0625. The molecule has 0 radical (unpaired) electrons. The lowest BCUT2D eigenvalue weighted by atomic mass is 10.2. The molecule has 2 heterocycles. The third-order valence-electron chi connectivity index (χ3n) is 3.05. The second kappa shape index (κ2) is 5.58. The Bertz CT molecular complexity index is 748. The van der Waals surface area contributed by atoms with E-state index in [4.69, 9.17) is 0 Å². The lowest BCUT2D eigenvalue weighted by molar-refractivity contribution is 0.102. The number of aryl methyl sites for hydroxylation is 1. The van der Waals surface area contributed by atoms with Crippen LogP contribution in [-0.4, -0.2) is 20.7 Å². The van der Waals surface area contributed by atoms with Gasteiger partial charge in [-0.2, -0.15) is 5.10 Å². The number of rotatable bonds is 3. The first-order chi connectivity index (χ1) is 10.2. The highest BCUT2D eigenvalue weighted by Gasteiger charge is 2.06. The van der Waals surface area contributed by atoms with E-state index in [2.05, 4.69) is 15.4 Å². The van der Waals surface area contributed by atoms with E-state index in [1.54, 1.807) is 35.3 Å². The van der Waals surface area contributed by atoms with Gasteiger partial charge in [0.25, 0.3) is 5.91 Å². The lowest BCUT2D eigenvalue weighted by Gasteiger charge is -2.07. The van der Waals surface area contributed by atoms with Crippen LogP contribution >= 0.6 is 0 Å². The van der Waals surface area contributed by atoms with E-state index in [9.17, 15) is 4.79 Å². The number of carbonyl (C=O) groups is 1. The molecule has 0 fully saturated rings. The van der Waals surface area contributed by atoms with E-state index < -0.39 is 0 Å². The number of anilines is 1. The number of hydrogen-bond acceptors (Lipinski definition) is 3. The molecule has 0 saturated carbocycles. The number of hydrogen-bond donors (Lipinski definition) is 1. The first-order valence-electron chi connectivity index (χ1n) is 6.56. The molecule has 0 saturated heterocycles. The molecule has 0 bridgehead atoms. The van der Waals surface area contributed by atoms with Gasteiger partial charge in [-0.3, -0.25) is 9.78 Å². The number of pyridine rings is 1. The van der Waals surface area contributed by atoms with Crippen LogP contribution in [-0.2, 0) is 0 Å². The topological polar surface area (TPSA) is 59.8 Å². The number of amides is 1. The van der Waals surface area contributed by atoms with Crippen molar-refractivity contribution in [1.29, 1.82) is 0 Å². The van der Waals surface area contributed by atoms with Gasteiger partial charge in [0.1, 0.15) is 0 Å². The summed E-state index contributed by atoms with van der Waals surface area (Å²) in [6.45, 7) is 1.88. The maximum absolute atomic E-state index is 12.2. The monoisotopic (exact) mass is 278 g/mol. The van der Waals surface area contributed by atoms with E-state index in [1.807, 2.05) is 37.4 Å². The average molecular weight is 278 g/mol. The summed E-state index contributed by atoms with van der Waals surface area (Å²) >= 11 is 0. The Hall–Kier alpha value is -2.95. The van der Waals surface area contributed by atoms with Crippen molar-refractivity contribution in [3.8, 4) is 5.69 Å². The minimum absolute atomic E-state index is 0.146. The molecule has 0 unspecified atom stereocenters. The summed E-state index contributed by atoms with van der Waals surface area (Å²) in [5.41, 5.74) is 3.11. The van der Waals surface area contributed by atoms with Crippen molar-refractivity contribution in [3.05, 3.63) is 72.3 Å². The van der Waals surface area contributed by atoms with Crippen LogP contribution in [0.15, 0.2) is 61.1 Å². The van der Waals surface area contributed by atoms with Crippen LogP contribution in [0, 0.1) is 6.92 Å². The van der Waals surface area contributed by atoms with Crippen LogP contribution < -0.4 is 5.32 Å². The zero-order valence-corrected chi connectivity index (χ0v) is 11.5. The highest BCUT2D eigenvalue weighted by molar-refractivity contribution is 6.04. The standard InChI is InChI=1S/C16H14N4O/c1-12-11-14(7-9-17-12)19-16(21)13-3-5-15(6-4-13)20-10-2-8-18-20/h2-11H,1H3,(H,17,19,21). The number of carbonyl (C=O) groups excluding carboxylic acids is 1. The first-order valence-corrected chi connectivity index (χ1v) is 6.56. The van der Waals surface area contributed by atoms with Gasteiger partial charge in [-0.1, -0.05) is 0 Å². The van der Waals surface area contributed by atoms with Gasteiger partial charge < -0.3 is 5.32 Å². The van der Waals surface area contributed by atoms with E-state index >= 15 is 0 Å². The third-order valence-corrected chi connectivity index (χ3v) is 3.05. The molecule has 21 heavy (non-hydrogen) atoms. The molecule has 1 amide bonds. The van der Waals surface area contributed by atoms with Crippen molar-refractivity contribution in [2.45, 2.75) is 6.92 Å². The molecule has 3 rings (SSSR count). The SMILES string of the molecule is Cc1cc(NC(=O)c2ccc(-n3cccn3)cc2)ccn1. The Balaban J connectivity index is 1.76. The van der Waals surface area contributed by atoms with Crippen molar-refractivity contribution in [3.63, 3.8) is 0 Å². The molecule has 5 heteroatoms. The lowest BCUT2D eigenvalue weighted by Crippen LogP contribution is -2.12. The molecule has 0 aliphatic carbocycles. The average Bonchev–Trinajstić information content (AvgIpc) is 3.01. The molecule has 5 nitrogen and oxygen atoms in total. The Morgan fingerprint density at radius 1 is 1.14 bits per heavy atom. The fourth-order valence-electron chi connectivity index (χ4n) is 2.01. The second-order valence-electron chi connectivity index (χ2n) is 4.64. The van der Waals surface area contributed by atoms with Crippen molar-refractivity contribution in [1.82, 2.24) is 14.8 Å². The molecular formula is C16H14N4O. The van der Waals surface area contributed by atoms with Gasteiger partial charge in [0.05, 0.1) is 5.69 Å². The third kappa shape index (κ3) is 2.97. The molecule has 3 aromatic rings. The second-order valence-corrected chi connectivity index (χ2v) is 4.64. The van der Waals surface area contributed by atoms with E-state index in [-0.39, 0.29) is 5.91 Å². The van der Waals surface area contributed by atoms with Crippen molar-refractivity contribution in [2.24, 2.45) is 0 Å². The summed E-state index contributed by atoms with van der Waals surface area (Å²) in [5.74, 6) is -0.146. The summed E-state index contributed by atoms with van der Waals surface area (Å²) in [4.78, 5) is 16.3. The molecular weight excluding hydrogens is 264 g/mol. The molecule has 0 atom stereocenters. The Morgan fingerprint density at radius 2 is 1.95 bits per heavy atom. The van der Waals surface area contributed by atoms with Gasteiger partial charge >= 0.3 is 0 Å². The fourth-order valence-corrected chi connectivity index (χ4v) is 2.01. The number of nitrogens with zero attached hydrogens (tertiary/aromatic N) is 3. The quantitative estimate of drug-likeness (QED) is 0.801. The van der Waals surface area contributed by atoms with Gasteiger partial charge in [0, 0.05) is 35.5 Å². The highest BCUT2D eigenvalue weighted by Crippen LogP contribution is 2.12. The summed E-state index contributed by atoms with van der Waals surface area (Å²) in [5, 5.41) is 7.00. The normalized spacial score (nSPS) is 10.3. The van der Waals surface area contributed by atoms with Crippen LogP contribution in [0.5, 0.6) is 0 Å². The molecule has 0 aliphatic rings. The predicted molar refractivity (Wildman–Crippen MR) is 80.5 cm³/mol. The summed E-state index contributed by atoms with van der Waals surface area (Å²) in [6, 6.07) is 12.7. The van der Waals surface area contributed by atoms with Crippen LogP contribution in [0.1, 0.15) is 16.1 Å². The van der Waals surface area contributed by atoms with Crippen molar-refractivity contribution in [2.75, 3.05) is 5.32 Å². The number of aromatic nitrogens is 3. The maximum Gasteiger partial charge on any atom is 0.255 e. The van der Waals surface area contributed by atoms with Gasteiger partial charge in [-0.15, -0.1) is 0 Å². The Morgan fingerprint density at radius 3 is 2.62 bits per heavy atom. The minimum Gasteiger partial charge on any atom is -0.322 e. The van der Waals surface area contributed by atoms with Gasteiger partial charge in [-0.25, -0.2) is 4.68 Å². The number of nitrogens with one attached hydrogen (secondary N) is 1. The minimum atomic E-state index is -0.146. The number of benzene rings is 1. The van der Waals surface area contributed by atoms with Crippen LogP contribution in [0.3, 0.4) is 0 Å². The zero-order valence-electron chi connectivity index (χ0n) is 11.5. The van der Waals surface area contributed by atoms with Gasteiger partial charge in [0.2, 0.25) is 0 Å². The highest BCUT2D eigenvalue weighted by atomic mass is 16.1. The maximum atomic E-state index is 12.2. The predicted octanol–water partition coefficient (Wildman–Crippen LogP) is 2.83. The van der Waals surface area contributed by atoms with Gasteiger partial charge in [0.15, 0.2) is 0 Å². The smallest absolute Gasteiger partial charge is 0.255 e. The first kappa shape index (κ1) is 13.1.